The van der Waals surface area contributed by atoms with Crippen molar-refractivity contribution in [2.24, 2.45) is 0 Å². The molecule has 4 N–H and O–H groups in total. The molecule has 0 fully saturated rings. The highest BCUT2D eigenvalue weighted by Crippen LogP contribution is 2.39. The van der Waals surface area contributed by atoms with Crippen molar-refractivity contribution in [2.45, 2.75) is 12.3 Å². The highest BCUT2D eigenvalue weighted by molar-refractivity contribution is 5.51. The van der Waals surface area contributed by atoms with Crippen molar-refractivity contribution in [2.75, 3.05) is 0 Å². The van der Waals surface area contributed by atoms with E-state index in [0.29, 0.717) is 0 Å². The van der Waals surface area contributed by atoms with E-state index in [-0.39, 0.29) is 28.4 Å². The lowest BCUT2D eigenvalue weighted by atomic mass is 9.71. The third-order valence-corrected chi connectivity index (χ3v) is 5.07. The van der Waals surface area contributed by atoms with E-state index in [1.807, 2.05) is 42.5 Å². The standard InChI is InChI=1S/C20H18O2.C6H6O2/c1-20(15-5-3-2-4-6-15,16-7-11-18(21)12-8-16)17-9-13-19(22)14-10-17;7-5-2-1-3-6(8)4-5/h2-14,21-22H,1H3;1-4,7-8H. The molecule has 4 heteroatoms. The Morgan fingerprint density at radius 3 is 1.20 bits per heavy atom. The van der Waals surface area contributed by atoms with E-state index in [1.54, 1.807) is 30.3 Å². The summed E-state index contributed by atoms with van der Waals surface area (Å²) in [7, 11) is 0. The Hall–Kier alpha value is -3.92. The minimum absolute atomic E-state index is 0.0880. The summed E-state index contributed by atoms with van der Waals surface area (Å²) < 4.78 is 0. The fraction of sp³-hybridized carbons (Fsp3) is 0.0769. The lowest BCUT2D eigenvalue weighted by Gasteiger charge is -2.32. The Morgan fingerprint density at radius 2 is 0.833 bits per heavy atom. The van der Waals surface area contributed by atoms with Crippen LogP contribution in [0.2, 0.25) is 0 Å². The predicted molar refractivity (Wildman–Crippen MR) is 118 cm³/mol. The molecule has 0 aliphatic carbocycles. The van der Waals surface area contributed by atoms with Gasteiger partial charge in [0.05, 0.1) is 0 Å². The average molecular weight is 400 g/mol. The van der Waals surface area contributed by atoms with Gasteiger partial charge in [-0.3, -0.25) is 0 Å². The topological polar surface area (TPSA) is 80.9 Å². The smallest absolute Gasteiger partial charge is 0.119 e. The second-order valence-corrected chi connectivity index (χ2v) is 7.10. The molecule has 4 rings (SSSR count). The Bertz CT molecular complexity index is 1010. The van der Waals surface area contributed by atoms with E-state index < -0.39 is 0 Å². The maximum absolute atomic E-state index is 9.57. The fourth-order valence-electron chi connectivity index (χ4n) is 3.35. The third kappa shape index (κ3) is 4.73. The zero-order chi connectivity index (χ0) is 21.6. The summed E-state index contributed by atoms with van der Waals surface area (Å²) in [6.45, 7) is 2.15. The van der Waals surface area contributed by atoms with Crippen molar-refractivity contribution in [3.05, 3.63) is 120 Å². The lowest BCUT2D eigenvalue weighted by Crippen LogP contribution is -2.25. The molecule has 0 spiro atoms. The molecule has 0 unspecified atom stereocenters. The molecule has 0 saturated carbocycles. The second kappa shape index (κ2) is 9.05. The first-order valence-electron chi connectivity index (χ1n) is 9.52. The maximum Gasteiger partial charge on any atom is 0.119 e. The minimum Gasteiger partial charge on any atom is -0.508 e. The maximum atomic E-state index is 9.57. The van der Waals surface area contributed by atoms with E-state index >= 15 is 0 Å². The van der Waals surface area contributed by atoms with Gasteiger partial charge >= 0.3 is 0 Å². The number of phenols is 4. The van der Waals surface area contributed by atoms with Gasteiger partial charge in [-0.25, -0.2) is 0 Å². The number of benzene rings is 4. The van der Waals surface area contributed by atoms with Crippen molar-refractivity contribution < 1.29 is 20.4 Å². The molecule has 0 aliphatic rings. The highest BCUT2D eigenvalue weighted by Gasteiger charge is 2.30. The Labute approximate surface area is 176 Å². The number of phenolic OH excluding ortho intramolecular Hbond substituents is 4. The number of rotatable bonds is 3. The van der Waals surface area contributed by atoms with Gasteiger partial charge in [0.1, 0.15) is 23.0 Å². The minimum atomic E-state index is -0.358. The number of hydrogen-bond donors (Lipinski definition) is 4. The third-order valence-electron chi connectivity index (χ3n) is 5.07. The van der Waals surface area contributed by atoms with Crippen LogP contribution >= 0.6 is 0 Å². The molecule has 4 aromatic carbocycles. The summed E-state index contributed by atoms with van der Waals surface area (Å²) in [6, 6.07) is 30.7. The first-order valence-corrected chi connectivity index (χ1v) is 9.52. The van der Waals surface area contributed by atoms with Crippen molar-refractivity contribution in [3.63, 3.8) is 0 Å². The van der Waals surface area contributed by atoms with Crippen molar-refractivity contribution in [1.29, 1.82) is 0 Å². The second-order valence-electron chi connectivity index (χ2n) is 7.10. The summed E-state index contributed by atoms with van der Waals surface area (Å²) in [5, 5.41) is 36.4. The number of hydrogen-bond acceptors (Lipinski definition) is 4. The largest absolute Gasteiger partial charge is 0.508 e. The van der Waals surface area contributed by atoms with Crippen LogP contribution in [0.5, 0.6) is 23.0 Å². The first-order chi connectivity index (χ1) is 14.4. The molecule has 0 aliphatic heterocycles. The molecule has 0 heterocycles. The average Bonchev–Trinajstić information content (AvgIpc) is 2.75. The van der Waals surface area contributed by atoms with Gasteiger partial charge in [0.25, 0.3) is 0 Å². The molecule has 0 bridgehead atoms. The molecule has 0 aromatic heterocycles. The number of aromatic hydroxyl groups is 4. The molecule has 0 saturated heterocycles. The monoisotopic (exact) mass is 400 g/mol. The summed E-state index contributed by atoms with van der Waals surface area (Å²) in [5.41, 5.74) is 2.97. The van der Waals surface area contributed by atoms with Crippen LogP contribution in [-0.4, -0.2) is 20.4 Å². The lowest BCUT2D eigenvalue weighted by molar-refractivity contribution is 0.450. The fourth-order valence-corrected chi connectivity index (χ4v) is 3.35. The molecule has 0 amide bonds. The van der Waals surface area contributed by atoms with E-state index in [1.165, 1.54) is 18.2 Å². The van der Waals surface area contributed by atoms with E-state index in [0.717, 1.165) is 16.7 Å². The Kier molecular flexibility index (Phi) is 6.28. The van der Waals surface area contributed by atoms with Crippen LogP contribution in [0.1, 0.15) is 23.6 Å². The van der Waals surface area contributed by atoms with Gasteiger partial charge in [0.2, 0.25) is 0 Å². The normalized spacial score (nSPS) is 10.7. The summed E-state index contributed by atoms with van der Waals surface area (Å²) in [6.07, 6.45) is 0. The zero-order valence-corrected chi connectivity index (χ0v) is 16.6. The summed E-state index contributed by atoms with van der Waals surface area (Å²) in [4.78, 5) is 0. The van der Waals surface area contributed by atoms with Crippen LogP contribution in [0.4, 0.5) is 0 Å². The molecule has 0 radical (unpaired) electrons. The van der Waals surface area contributed by atoms with Gasteiger partial charge in [-0.05, 0) is 60.0 Å². The van der Waals surface area contributed by atoms with Gasteiger partial charge in [-0.15, -0.1) is 0 Å². The summed E-state index contributed by atoms with van der Waals surface area (Å²) in [5.74, 6) is 0.685. The van der Waals surface area contributed by atoms with Crippen molar-refractivity contribution in [3.8, 4) is 23.0 Å². The van der Waals surface area contributed by atoms with Gasteiger partial charge in [0.15, 0.2) is 0 Å². The van der Waals surface area contributed by atoms with Crippen molar-refractivity contribution in [1.82, 2.24) is 0 Å². The SMILES string of the molecule is CC(c1ccccc1)(c1ccc(O)cc1)c1ccc(O)cc1.Oc1cccc(O)c1. The molecule has 0 atom stereocenters. The van der Waals surface area contributed by atoms with E-state index in [9.17, 15) is 10.2 Å². The Balaban J connectivity index is 0.000000269. The molecule has 152 valence electrons. The zero-order valence-electron chi connectivity index (χ0n) is 16.6. The van der Waals surface area contributed by atoms with E-state index in [4.69, 9.17) is 10.2 Å². The van der Waals surface area contributed by atoms with Gasteiger partial charge < -0.3 is 20.4 Å². The Morgan fingerprint density at radius 1 is 0.433 bits per heavy atom. The highest BCUT2D eigenvalue weighted by atomic mass is 16.3. The van der Waals surface area contributed by atoms with Crippen LogP contribution in [0, 0.1) is 0 Å². The van der Waals surface area contributed by atoms with Crippen LogP contribution < -0.4 is 0 Å². The molecule has 4 aromatic rings. The van der Waals surface area contributed by atoms with Crippen LogP contribution in [0.3, 0.4) is 0 Å². The van der Waals surface area contributed by atoms with Gasteiger partial charge in [-0.2, -0.15) is 0 Å². The van der Waals surface area contributed by atoms with Crippen molar-refractivity contribution >= 4 is 0 Å². The first kappa shape index (κ1) is 20.8. The van der Waals surface area contributed by atoms with Crippen LogP contribution in [0.15, 0.2) is 103 Å². The summed E-state index contributed by atoms with van der Waals surface area (Å²) >= 11 is 0. The predicted octanol–water partition coefficient (Wildman–Crippen LogP) is 5.55. The van der Waals surface area contributed by atoms with Crippen LogP contribution in [-0.2, 0) is 5.41 Å². The molecular formula is C26H24O4. The quantitative estimate of drug-likeness (QED) is 0.340. The van der Waals surface area contributed by atoms with Gasteiger partial charge in [0, 0.05) is 11.5 Å². The molecule has 30 heavy (non-hydrogen) atoms. The molecular weight excluding hydrogens is 376 g/mol. The van der Waals surface area contributed by atoms with Gasteiger partial charge in [-0.1, -0.05) is 60.7 Å². The van der Waals surface area contributed by atoms with E-state index in [2.05, 4.69) is 19.1 Å². The molecule has 4 nitrogen and oxygen atoms in total. The van der Waals surface area contributed by atoms with Crippen LogP contribution in [0.25, 0.3) is 0 Å².